The summed E-state index contributed by atoms with van der Waals surface area (Å²) >= 11 is 0. The van der Waals surface area contributed by atoms with Crippen LogP contribution in [0, 0.1) is 0 Å². The third kappa shape index (κ3) is 25.4. The van der Waals surface area contributed by atoms with E-state index in [1.807, 2.05) is 0 Å². The van der Waals surface area contributed by atoms with Gasteiger partial charge < -0.3 is 20.6 Å². The van der Waals surface area contributed by atoms with Crippen LogP contribution in [0.5, 0.6) is 0 Å². The third-order valence-electron chi connectivity index (χ3n) is 7.67. The van der Waals surface area contributed by atoms with Crippen molar-refractivity contribution in [1.29, 1.82) is 0 Å². The number of hydrogen-bond acceptors (Lipinski definition) is 4. The number of hydrogen-bond donors (Lipinski definition) is 4. The Morgan fingerprint density at radius 3 is 1.30 bits per heavy atom. The second-order valence-electron chi connectivity index (χ2n) is 11.4. The Morgan fingerprint density at radius 1 is 0.568 bits per heavy atom. The van der Waals surface area contributed by atoms with E-state index in [1.165, 1.54) is 116 Å². The highest BCUT2D eigenvalue weighted by molar-refractivity contribution is 5.76. The van der Waals surface area contributed by atoms with Crippen LogP contribution >= 0.6 is 0 Å². The average molecular weight is 528 g/mol. The Labute approximate surface area is 230 Å². The minimum atomic E-state index is -0.740. The molecule has 4 N–H and O–H groups in total. The van der Waals surface area contributed by atoms with Crippen molar-refractivity contribution >= 4 is 5.91 Å². The van der Waals surface area contributed by atoms with E-state index < -0.39 is 18.2 Å². The second-order valence-corrected chi connectivity index (χ2v) is 11.4. The van der Waals surface area contributed by atoms with Crippen LogP contribution < -0.4 is 5.32 Å². The van der Waals surface area contributed by atoms with Crippen LogP contribution in [0.4, 0.5) is 0 Å². The molecule has 0 saturated heterocycles. The molecule has 1 amide bonds. The lowest BCUT2D eigenvalue weighted by Gasteiger charge is -2.23. The SMILES string of the molecule is CCCCCCCCCCCCCCCC(O)C(CO)NC(=O)CC(O)CCCCCCCCCCC. The largest absolute Gasteiger partial charge is 0.394 e. The van der Waals surface area contributed by atoms with Crippen LogP contribution in [-0.4, -0.2) is 46.1 Å². The second kappa shape index (κ2) is 28.4. The van der Waals surface area contributed by atoms with Crippen LogP contribution in [-0.2, 0) is 4.79 Å². The van der Waals surface area contributed by atoms with Crippen molar-refractivity contribution in [3.8, 4) is 0 Å². The summed E-state index contributed by atoms with van der Waals surface area (Å²) in [6, 6.07) is -0.648. The van der Waals surface area contributed by atoms with Gasteiger partial charge in [-0.2, -0.15) is 0 Å². The van der Waals surface area contributed by atoms with Crippen molar-refractivity contribution in [3.63, 3.8) is 0 Å². The average Bonchev–Trinajstić information content (AvgIpc) is 2.88. The minimum Gasteiger partial charge on any atom is -0.394 e. The summed E-state index contributed by atoms with van der Waals surface area (Å²) in [5.74, 6) is -0.285. The highest BCUT2D eigenvalue weighted by Crippen LogP contribution is 2.15. The van der Waals surface area contributed by atoms with Gasteiger partial charge in [0.1, 0.15) is 0 Å². The van der Waals surface area contributed by atoms with Crippen LogP contribution in [0.1, 0.15) is 174 Å². The van der Waals surface area contributed by atoms with Crippen LogP contribution in [0.25, 0.3) is 0 Å². The molecule has 0 heterocycles. The molecule has 37 heavy (non-hydrogen) atoms. The molecule has 5 nitrogen and oxygen atoms in total. The molecular formula is C32H65NO4. The number of carbonyl (C=O) groups excluding carboxylic acids is 1. The number of amides is 1. The first-order chi connectivity index (χ1) is 18.0. The van der Waals surface area contributed by atoms with E-state index in [0.717, 1.165) is 25.7 Å². The van der Waals surface area contributed by atoms with Crippen molar-refractivity contribution in [2.75, 3.05) is 6.61 Å². The van der Waals surface area contributed by atoms with Gasteiger partial charge in [-0.25, -0.2) is 0 Å². The third-order valence-corrected chi connectivity index (χ3v) is 7.67. The Morgan fingerprint density at radius 2 is 0.919 bits per heavy atom. The minimum absolute atomic E-state index is 0.0407. The van der Waals surface area contributed by atoms with Crippen molar-refractivity contribution in [2.45, 2.75) is 193 Å². The molecule has 0 saturated carbocycles. The van der Waals surface area contributed by atoms with Gasteiger partial charge in [-0.05, 0) is 12.8 Å². The van der Waals surface area contributed by atoms with Crippen molar-refractivity contribution in [1.82, 2.24) is 5.32 Å². The Bertz CT molecular complexity index is 474. The predicted octanol–water partition coefficient (Wildman–Crippen LogP) is 7.98. The van der Waals surface area contributed by atoms with E-state index in [1.54, 1.807) is 0 Å². The molecule has 3 unspecified atom stereocenters. The van der Waals surface area contributed by atoms with Gasteiger partial charge in [0.05, 0.1) is 31.3 Å². The van der Waals surface area contributed by atoms with Gasteiger partial charge in [-0.3, -0.25) is 4.79 Å². The molecule has 0 rings (SSSR count). The number of aliphatic hydroxyl groups is 3. The molecule has 0 aromatic rings. The maximum Gasteiger partial charge on any atom is 0.222 e. The first-order valence-corrected chi connectivity index (χ1v) is 16.3. The molecule has 0 aliphatic heterocycles. The summed E-state index contributed by atoms with van der Waals surface area (Å²) in [6.45, 7) is 4.22. The van der Waals surface area contributed by atoms with E-state index in [9.17, 15) is 20.1 Å². The van der Waals surface area contributed by atoms with E-state index in [2.05, 4.69) is 19.2 Å². The van der Waals surface area contributed by atoms with Gasteiger partial charge in [0.2, 0.25) is 5.91 Å². The molecule has 0 bridgehead atoms. The number of nitrogens with one attached hydrogen (secondary N) is 1. The fourth-order valence-electron chi connectivity index (χ4n) is 5.11. The zero-order valence-corrected chi connectivity index (χ0v) is 24.9. The molecule has 0 aliphatic rings. The normalized spacial score (nSPS) is 14.0. The topological polar surface area (TPSA) is 89.8 Å². The predicted molar refractivity (Wildman–Crippen MR) is 158 cm³/mol. The first-order valence-electron chi connectivity index (χ1n) is 16.3. The number of carbonyl (C=O) groups is 1. The quantitative estimate of drug-likeness (QED) is 0.0742. The Kier molecular flexibility index (Phi) is 27.9. The molecule has 0 radical (unpaired) electrons. The lowest BCUT2D eigenvalue weighted by molar-refractivity contribution is -0.125. The Hall–Kier alpha value is -0.650. The molecule has 5 heteroatoms. The molecule has 3 atom stereocenters. The summed E-state index contributed by atoms with van der Waals surface area (Å²) in [7, 11) is 0. The van der Waals surface area contributed by atoms with E-state index in [0.29, 0.717) is 12.8 Å². The summed E-state index contributed by atoms with van der Waals surface area (Å²) in [5, 5.41) is 33.0. The van der Waals surface area contributed by atoms with Crippen molar-refractivity contribution in [2.24, 2.45) is 0 Å². The molecular weight excluding hydrogens is 462 g/mol. The Balaban J connectivity index is 3.70. The fourth-order valence-corrected chi connectivity index (χ4v) is 5.11. The van der Waals surface area contributed by atoms with Crippen molar-refractivity contribution < 1.29 is 20.1 Å². The van der Waals surface area contributed by atoms with Gasteiger partial charge in [0.25, 0.3) is 0 Å². The van der Waals surface area contributed by atoms with Gasteiger partial charge in [0, 0.05) is 0 Å². The molecule has 0 aromatic carbocycles. The number of unbranched alkanes of at least 4 members (excludes halogenated alkanes) is 20. The van der Waals surface area contributed by atoms with Gasteiger partial charge in [-0.1, -0.05) is 155 Å². The molecule has 0 spiro atoms. The van der Waals surface area contributed by atoms with Crippen molar-refractivity contribution in [3.05, 3.63) is 0 Å². The van der Waals surface area contributed by atoms with Gasteiger partial charge in [-0.15, -0.1) is 0 Å². The number of aliphatic hydroxyl groups excluding tert-OH is 3. The highest BCUT2D eigenvalue weighted by atomic mass is 16.3. The lowest BCUT2D eigenvalue weighted by Crippen LogP contribution is -2.46. The van der Waals surface area contributed by atoms with E-state index >= 15 is 0 Å². The first kappa shape index (κ1) is 36.4. The molecule has 0 fully saturated rings. The zero-order valence-electron chi connectivity index (χ0n) is 24.9. The highest BCUT2D eigenvalue weighted by Gasteiger charge is 2.21. The fraction of sp³-hybridized carbons (Fsp3) is 0.969. The molecule has 0 aromatic heterocycles. The summed E-state index contributed by atoms with van der Waals surface area (Å²) < 4.78 is 0. The monoisotopic (exact) mass is 527 g/mol. The van der Waals surface area contributed by atoms with Gasteiger partial charge >= 0.3 is 0 Å². The summed E-state index contributed by atoms with van der Waals surface area (Å²) in [4.78, 5) is 12.3. The maximum absolute atomic E-state index is 12.3. The lowest BCUT2D eigenvalue weighted by atomic mass is 10.0. The zero-order chi connectivity index (χ0) is 27.4. The van der Waals surface area contributed by atoms with Crippen LogP contribution in [0.15, 0.2) is 0 Å². The maximum atomic E-state index is 12.3. The smallest absolute Gasteiger partial charge is 0.222 e. The molecule has 0 aliphatic carbocycles. The summed E-state index contributed by atoms with van der Waals surface area (Å²) in [5.41, 5.74) is 0. The van der Waals surface area contributed by atoms with Crippen LogP contribution in [0.2, 0.25) is 0 Å². The van der Waals surface area contributed by atoms with E-state index in [4.69, 9.17) is 0 Å². The number of rotatable bonds is 29. The van der Waals surface area contributed by atoms with Gasteiger partial charge in [0.15, 0.2) is 0 Å². The molecule has 222 valence electrons. The summed E-state index contributed by atoms with van der Waals surface area (Å²) in [6.07, 6.45) is 27.6. The van der Waals surface area contributed by atoms with Crippen LogP contribution in [0.3, 0.4) is 0 Å². The standard InChI is InChI=1S/C32H65NO4/c1-3-5-7-9-11-13-14-15-16-18-20-22-24-26-31(36)30(28-34)33-32(37)27-29(35)25-23-21-19-17-12-10-8-6-4-2/h29-31,34-36H,3-28H2,1-2H3,(H,33,37). The van der Waals surface area contributed by atoms with E-state index in [-0.39, 0.29) is 18.9 Å².